The quantitative estimate of drug-likeness (QED) is 0.498. The second-order valence-corrected chi connectivity index (χ2v) is 6.68. The molecular formula is C17H13ClN2O4S. The normalized spacial score (nSPS) is 11.9. The van der Waals surface area contributed by atoms with Crippen LogP contribution in [-0.2, 0) is 0 Å². The smallest absolute Gasteiger partial charge is 0.287 e. The molecular weight excluding hydrogens is 364 g/mol. The minimum atomic E-state index is -0.525. The topological polar surface area (TPSA) is 85.4 Å². The van der Waals surface area contributed by atoms with Gasteiger partial charge in [-0.2, -0.15) is 0 Å². The third-order valence-corrected chi connectivity index (χ3v) is 4.94. The number of hydrogen-bond donors (Lipinski definition) is 1. The second-order valence-electron chi connectivity index (χ2n) is 5.30. The summed E-state index contributed by atoms with van der Waals surface area (Å²) in [6, 6.07) is 11.0. The molecule has 25 heavy (non-hydrogen) atoms. The van der Waals surface area contributed by atoms with E-state index in [0.29, 0.717) is 11.3 Å². The van der Waals surface area contributed by atoms with Crippen LogP contribution in [0.4, 0.5) is 5.69 Å². The van der Waals surface area contributed by atoms with Crippen molar-refractivity contribution in [3.05, 3.63) is 73.6 Å². The highest BCUT2D eigenvalue weighted by molar-refractivity contribution is 7.10. The first-order valence-electron chi connectivity index (χ1n) is 7.34. The molecule has 1 atom stereocenters. The van der Waals surface area contributed by atoms with Gasteiger partial charge in [-0.05, 0) is 36.6 Å². The van der Waals surface area contributed by atoms with Gasteiger partial charge in [0.1, 0.15) is 5.76 Å². The number of non-ortho nitro benzene ring substituents is 1. The first-order valence-corrected chi connectivity index (χ1v) is 8.60. The molecule has 3 aromatic rings. The summed E-state index contributed by atoms with van der Waals surface area (Å²) < 4.78 is 5.57. The lowest BCUT2D eigenvalue weighted by molar-refractivity contribution is -0.384. The van der Waals surface area contributed by atoms with Gasteiger partial charge in [0.15, 0.2) is 5.76 Å². The molecule has 0 saturated carbocycles. The van der Waals surface area contributed by atoms with Gasteiger partial charge >= 0.3 is 0 Å². The molecule has 0 aliphatic heterocycles. The molecule has 0 saturated heterocycles. The Morgan fingerprint density at radius 3 is 2.76 bits per heavy atom. The Balaban J connectivity index is 1.78. The van der Waals surface area contributed by atoms with Crippen molar-refractivity contribution >= 4 is 34.5 Å². The summed E-state index contributed by atoms with van der Waals surface area (Å²) in [5.41, 5.74) is 0.376. The summed E-state index contributed by atoms with van der Waals surface area (Å²) >= 11 is 7.64. The highest BCUT2D eigenvalue weighted by Gasteiger charge is 2.18. The molecule has 128 valence electrons. The summed E-state index contributed by atoms with van der Waals surface area (Å²) in [6.45, 7) is 1.89. The first kappa shape index (κ1) is 17.2. The minimum absolute atomic E-state index is 0.108. The van der Waals surface area contributed by atoms with Crippen LogP contribution in [0, 0.1) is 10.1 Å². The fourth-order valence-electron chi connectivity index (χ4n) is 2.30. The molecule has 2 heterocycles. The number of furan rings is 1. The zero-order valence-corrected chi connectivity index (χ0v) is 14.6. The average molecular weight is 377 g/mol. The van der Waals surface area contributed by atoms with Crippen LogP contribution in [-0.4, -0.2) is 10.8 Å². The number of nitrogens with zero attached hydrogens (tertiary/aromatic N) is 1. The van der Waals surface area contributed by atoms with Crippen LogP contribution < -0.4 is 5.32 Å². The number of nitrogens with one attached hydrogen (secondary N) is 1. The van der Waals surface area contributed by atoms with Crippen molar-refractivity contribution in [2.75, 3.05) is 0 Å². The monoisotopic (exact) mass is 376 g/mol. The van der Waals surface area contributed by atoms with Crippen molar-refractivity contribution in [3.8, 4) is 11.3 Å². The molecule has 8 heteroatoms. The van der Waals surface area contributed by atoms with Crippen LogP contribution >= 0.6 is 22.9 Å². The summed E-state index contributed by atoms with van der Waals surface area (Å²) in [7, 11) is 0. The third-order valence-electron chi connectivity index (χ3n) is 3.58. The number of nitro groups is 1. The minimum Gasteiger partial charge on any atom is -0.451 e. The number of amides is 1. The molecule has 0 aliphatic rings. The van der Waals surface area contributed by atoms with Crippen molar-refractivity contribution in [3.63, 3.8) is 0 Å². The number of benzene rings is 1. The third kappa shape index (κ3) is 3.72. The molecule has 0 bridgehead atoms. The van der Waals surface area contributed by atoms with E-state index < -0.39 is 4.92 Å². The molecule has 0 radical (unpaired) electrons. The summed E-state index contributed by atoms with van der Waals surface area (Å²) in [6.07, 6.45) is 0. The number of rotatable bonds is 5. The SMILES string of the molecule is CC(NC(=O)c1ccc(-c2ccc([N+](=O)[O-])cc2Cl)o1)c1cccs1. The highest BCUT2D eigenvalue weighted by atomic mass is 35.5. The van der Waals surface area contributed by atoms with Crippen LogP contribution in [0.25, 0.3) is 11.3 Å². The van der Waals surface area contributed by atoms with Crippen LogP contribution in [0.2, 0.25) is 5.02 Å². The molecule has 1 unspecified atom stereocenters. The number of nitro benzene ring substituents is 1. The summed E-state index contributed by atoms with van der Waals surface area (Å²) in [4.78, 5) is 23.6. The molecule has 0 aliphatic carbocycles. The van der Waals surface area contributed by atoms with Crippen molar-refractivity contribution < 1.29 is 14.1 Å². The number of thiophene rings is 1. The van der Waals surface area contributed by atoms with E-state index in [0.717, 1.165) is 4.88 Å². The largest absolute Gasteiger partial charge is 0.451 e. The van der Waals surface area contributed by atoms with E-state index in [4.69, 9.17) is 16.0 Å². The van der Waals surface area contributed by atoms with Gasteiger partial charge < -0.3 is 9.73 Å². The van der Waals surface area contributed by atoms with E-state index in [1.807, 2.05) is 24.4 Å². The van der Waals surface area contributed by atoms with Crippen LogP contribution in [0.15, 0.2) is 52.3 Å². The zero-order chi connectivity index (χ0) is 18.0. The lowest BCUT2D eigenvalue weighted by atomic mass is 10.1. The predicted molar refractivity (Wildman–Crippen MR) is 96.0 cm³/mol. The van der Waals surface area contributed by atoms with Crippen LogP contribution in [0.1, 0.15) is 28.4 Å². The van der Waals surface area contributed by atoms with Gasteiger partial charge in [-0.3, -0.25) is 14.9 Å². The number of halogens is 1. The molecule has 3 rings (SSSR count). The summed E-state index contributed by atoms with van der Waals surface area (Å²) in [5.74, 6) is 0.173. The number of carbonyl (C=O) groups is 1. The summed E-state index contributed by atoms with van der Waals surface area (Å²) in [5, 5.41) is 15.8. The van der Waals surface area contributed by atoms with Gasteiger partial charge in [0.2, 0.25) is 0 Å². The number of hydrogen-bond acceptors (Lipinski definition) is 5. The fraction of sp³-hybridized carbons (Fsp3) is 0.118. The molecule has 1 amide bonds. The van der Waals surface area contributed by atoms with Crippen molar-refractivity contribution in [2.24, 2.45) is 0 Å². The lowest BCUT2D eigenvalue weighted by Gasteiger charge is -2.10. The Labute approximate surface area is 152 Å². The predicted octanol–water partition coefficient (Wildman–Crippen LogP) is 5.06. The van der Waals surface area contributed by atoms with Crippen molar-refractivity contribution in [2.45, 2.75) is 13.0 Å². The zero-order valence-electron chi connectivity index (χ0n) is 13.1. The second kappa shape index (κ2) is 7.08. The Kier molecular flexibility index (Phi) is 4.87. The fourth-order valence-corrected chi connectivity index (χ4v) is 3.30. The lowest BCUT2D eigenvalue weighted by Crippen LogP contribution is -2.25. The van der Waals surface area contributed by atoms with Gasteiger partial charge in [0.25, 0.3) is 11.6 Å². The number of carbonyl (C=O) groups excluding carboxylic acids is 1. The first-order chi connectivity index (χ1) is 12.0. The van der Waals surface area contributed by atoms with Gasteiger partial charge in [0, 0.05) is 22.6 Å². The van der Waals surface area contributed by atoms with Gasteiger partial charge in [0.05, 0.1) is 16.0 Å². The molecule has 1 N–H and O–H groups in total. The molecule has 2 aromatic heterocycles. The maximum atomic E-state index is 12.3. The van der Waals surface area contributed by atoms with E-state index in [1.54, 1.807) is 23.5 Å². The van der Waals surface area contributed by atoms with E-state index in [9.17, 15) is 14.9 Å². The molecule has 1 aromatic carbocycles. The van der Waals surface area contributed by atoms with Crippen LogP contribution in [0.3, 0.4) is 0 Å². The molecule has 0 fully saturated rings. The van der Waals surface area contributed by atoms with E-state index >= 15 is 0 Å². The van der Waals surface area contributed by atoms with Gasteiger partial charge in [-0.25, -0.2) is 0 Å². The molecule has 6 nitrogen and oxygen atoms in total. The highest BCUT2D eigenvalue weighted by Crippen LogP contribution is 2.32. The van der Waals surface area contributed by atoms with E-state index in [-0.39, 0.29) is 28.4 Å². The van der Waals surface area contributed by atoms with E-state index in [2.05, 4.69) is 5.32 Å². The Bertz CT molecular complexity index is 921. The van der Waals surface area contributed by atoms with Gasteiger partial charge in [-0.1, -0.05) is 17.7 Å². The maximum absolute atomic E-state index is 12.3. The Morgan fingerprint density at radius 2 is 2.12 bits per heavy atom. The van der Waals surface area contributed by atoms with E-state index in [1.165, 1.54) is 18.2 Å². The van der Waals surface area contributed by atoms with Crippen LogP contribution in [0.5, 0.6) is 0 Å². The molecule has 0 spiro atoms. The Morgan fingerprint density at radius 1 is 1.32 bits per heavy atom. The average Bonchev–Trinajstić information content (AvgIpc) is 3.26. The van der Waals surface area contributed by atoms with Gasteiger partial charge in [-0.15, -0.1) is 11.3 Å². The maximum Gasteiger partial charge on any atom is 0.287 e. The van der Waals surface area contributed by atoms with Crippen molar-refractivity contribution in [1.82, 2.24) is 5.32 Å². The standard InChI is InChI=1S/C17H13ClN2O4S/c1-10(16-3-2-8-25-16)19-17(21)15-7-6-14(24-15)12-5-4-11(20(22)23)9-13(12)18/h2-10H,1H3,(H,19,21). The Hall–Kier alpha value is -2.64. The van der Waals surface area contributed by atoms with Crippen molar-refractivity contribution in [1.29, 1.82) is 0 Å².